The minimum Gasteiger partial charge on any atom is -0.343 e. The van der Waals surface area contributed by atoms with Crippen molar-refractivity contribution in [3.63, 3.8) is 0 Å². The van der Waals surface area contributed by atoms with Crippen molar-refractivity contribution in [1.82, 2.24) is 9.88 Å². The van der Waals surface area contributed by atoms with E-state index in [1.807, 2.05) is 0 Å². The van der Waals surface area contributed by atoms with Gasteiger partial charge in [0.25, 0.3) is 0 Å². The lowest BCUT2D eigenvalue weighted by Crippen LogP contribution is -2.25. The molecule has 0 amide bonds. The minimum atomic E-state index is 0.529. The molecule has 1 aliphatic heterocycles. The fourth-order valence-corrected chi connectivity index (χ4v) is 3.06. The summed E-state index contributed by atoms with van der Waals surface area (Å²) in [7, 11) is 2.07. The Labute approximate surface area is 96.3 Å². The van der Waals surface area contributed by atoms with E-state index in [1.165, 1.54) is 41.5 Å². The van der Waals surface area contributed by atoms with Gasteiger partial charge in [-0.2, -0.15) is 0 Å². The first kappa shape index (κ1) is 9.91. The monoisotopic (exact) mass is 214 g/mol. The third-order valence-corrected chi connectivity index (χ3v) is 3.83. The van der Waals surface area contributed by atoms with Crippen LogP contribution >= 0.6 is 0 Å². The summed E-state index contributed by atoms with van der Waals surface area (Å²) in [5, 5.41) is 4.86. The fraction of sp³-hybridized carbons (Fsp3) is 0.429. The maximum absolute atomic E-state index is 3.44. The highest BCUT2D eigenvalue weighted by Crippen LogP contribution is 2.34. The minimum absolute atomic E-state index is 0.529. The summed E-state index contributed by atoms with van der Waals surface area (Å²) in [5.74, 6) is 0. The summed E-state index contributed by atoms with van der Waals surface area (Å²) in [6.07, 6.45) is 2.53. The van der Waals surface area contributed by atoms with Gasteiger partial charge in [0.15, 0.2) is 0 Å². The highest BCUT2D eigenvalue weighted by molar-refractivity contribution is 5.85. The van der Waals surface area contributed by atoms with Crippen molar-refractivity contribution in [2.24, 2.45) is 0 Å². The molecule has 1 unspecified atom stereocenters. The van der Waals surface area contributed by atoms with Crippen molar-refractivity contribution in [1.29, 1.82) is 0 Å². The molecule has 0 aliphatic carbocycles. The molecule has 2 nitrogen and oxygen atoms in total. The SMILES string of the molecule is CNC1CCCn2c1c(C)c1ccccc12. The number of fused-ring (bicyclic) bond motifs is 3. The molecular formula is C14H18N2. The third kappa shape index (κ3) is 1.23. The van der Waals surface area contributed by atoms with Crippen LogP contribution in [0.4, 0.5) is 0 Å². The summed E-state index contributed by atoms with van der Waals surface area (Å²) in [4.78, 5) is 0. The molecule has 0 bridgehead atoms. The maximum atomic E-state index is 3.44. The van der Waals surface area contributed by atoms with Crippen molar-refractivity contribution in [3.8, 4) is 0 Å². The van der Waals surface area contributed by atoms with Crippen LogP contribution < -0.4 is 5.32 Å². The zero-order chi connectivity index (χ0) is 11.1. The molecule has 2 aromatic rings. The Morgan fingerprint density at radius 2 is 2.12 bits per heavy atom. The topological polar surface area (TPSA) is 17.0 Å². The number of aromatic nitrogens is 1. The van der Waals surface area contributed by atoms with Gasteiger partial charge in [-0.1, -0.05) is 18.2 Å². The molecule has 1 N–H and O–H groups in total. The van der Waals surface area contributed by atoms with Crippen LogP contribution in [-0.4, -0.2) is 11.6 Å². The van der Waals surface area contributed by atoms with Crippen LogP contribution in [0.15, 0.2) is 24.3 Å². The van der Waals surface area contributed by atoms with Gasteiger partial charge in [0, 0.05) is 29.2 Å². The van der Waals surface area contributed by atoms with Gasteiger partial charge in [-0.3, -0.25) is 0 Å². The van der Waals surface area contributed by atoms with Gasteiger partial charge in [-0.25, -0.2) is 0 Å². The van der Waals surface area contributed by atoms with Crippen LogP contribution in [0.3, 0.4) is 0 Å². The van der Waals surface area contributed by atoms with Crippen LogP contribution in [0, 0.1) is 6.92 Å². The largest absolute Gasteiger partial charge is 0.343 e. The van der Waals surface area contributed by atoms with Gasteiger partial charge in [-0.05, 0) is 38.4 Å². The van der Waals surface area contributed by atoms with Crippen LogP contribution in [0.2, 0.25) is 0 Å². The predicted molar refractivity (Wildman–Crippen MR) is 67.7 cm³/mol. The molecule has 84 valence electrons. The van der Waals surface area contributed by atoms with Gasteiger partial charge in [-0.15, -0.1) is 0 Å². The maximum Gasteiger partial charge on any atom is 0.0485 e. The summed E-state index contributed by atoms with van der Waals surface area (Å²) >= 11 is 0. The van der Waals surface area contributed by atoms with Crippen LogP contribution in [0.5, 0.6) is 0 Å². The van der Waals surface area contributed by atoms with Crippen molar-refractivity contribution < 1.29 is 0 Å². The molecule has 1 aromatic heterocycles. The Hall–Kier alpha value is -1.28. The lowest BCUT2D eigenvalue weighted by Gasteiger charge is -2.25. The van der Waals surface area contributed by atoms with E-state index in [-0.39, 0.29) is 0 Å². The van der Waals surface area contributed by atoms with Crippen LogP contribution in [0.1, 0.15) is 30.1 Å². The average Bonchev–Trinajstić information content (AvgIpc) is 2.64. The summed E-state index contributed by atoms with van der Waals surface area (Å²) < 4.78 is 2.50. The third-order valence-electron chi connectivity index (χ3n) is 3.83. The molecule has 1 atom stereocenters. The molecular weight excluding hydrogens is 196 g/mol. The molecule has 16 heavy (non-hydrogen) atoms. The number of benzene rings is 1. The standard InChI is InChI=1S/C14H18N2/c1-10-11-6-3-4-8-13(11)16-9-5-7-12(15-2)14(10)16/h3-4,6,8,12,15H,5,7,9H2,1-2H3. The highest BCUT2D eigenvalue weighted by Gasteiger charge is 2.23. The Balaban J connectivity index is 2.33. The molecule has 0 radical (unpaired) electrons. The molecule has 0 saturated carbocycles. The lowest BCUT2D eigenvalue weighted by atomic mass is 10.0. The van der Waals surface area contributed by atoms with E-state index in [2.05, 4.69) is 48.1 Å². The second kappa shape index (κ2) is 3.63. The van der Waals surface area contributed by atoms with Crippen molar-refractivity contribution in [2.45, 2.75) is 32.4 Å². The number of hydrogen-bond donors (Lipinski definition) is 1. The summed E-state index contributed by atoms with van der Waals surface area (Å²) in [5.41, 5.74) is 4.35. The second-order valence-electron chi connectivity index (χ2n) is 4.66. The van der Waals surface area contributed by atoms with E-state index >= 15 is 0 Å². The molecule has 2 heteroatoms. The summed E-state index contributed by atoms with van der Waals surface area (Å²) in [6, 6.07) is 9.28. The zero-order valence-electron chi connectivity index (χ0n) is 9.96. The van der Waals surface area contributed by atoms with Gasteiger partial charge in [0.1, 0.15) is 0 Å². The molecule has 1 aromatic carbocycles. The first-order chi connectivity index (χ1) is 7.83. The molecule has 3 rings (SSSR count). The van der Waals surface area contributed by atoms with E-state index in [0.717, 1.165) is 0 Å². The fourth-order valence-electron chi connectivity index (χ4n) is 3.06. The average molecular weight is 214 g/mol. The van der Waals surface area contributed by atoms with Crippen molar-refractivity contribution in [3.05, 3.63) is 35.5 Å². The predicted octanol–water partition coefficient (Wildman–Crippen LogP) is 3.00. The smallest absolute Gasteiger partial charge is 0.0485 e. The Kier molecular flexibility index (Phi) is 2.25. The number of para-hydroxylation sites is 1. The Morgan fingerprint density at radius 3 is 2.94 bits per heavy atom. The molecule has 0 fully saturated rings. The number of hydrogen-bond acceptors (Lipinski definition) is 1. The lowest BCUT2D eigenvalue weighted by molar-refractivity contribution is 0.422. The molecule has 1 aliphatic rings. The number of nitrogens with zero attached hydrogens (tertiary/aromatic N) is 1. The van der Waals surface area contributed by atoms with Crippen LogP contribution in [-0.2, 0) is 6.54 Å². The second-order valence-corrected chi connectivity index (χ2v) is 4.66. The van der Waals surface area contributed by atoms with Crippen LogP contribution in [0.25, 0.3) is 10.9 Å². The number of aryl methyl sites for hydroxylation is 2. The van der Waals surface area contributed by atoms with Gasteiger partial charge >= 0.3 is 0 Å². The van der Waals surface area contributed by atoms with E-state index in [9.17, 15) is 0 Å². The van der Waals surface area contributed by atoms with E-state index in [0.29, 0.717) is 6.04 Å². The first-order valence-corrected chi connectivity index (χ1v) is 6.08. The first-order valence-electron chi connectivity index (χ1n) is 6.08. The van der Waals surface area contributed by atoms with Gasteiger partial charge < -0.3 is 9.88 Å². The Morgan fingerprint density at radius 1 is 1.31 bits per heavy atom. The van der Waals surface area contributed by atoms with E-state index in [1.54, 1.807) is 0 Å². The highest BCUT2D eigenvalue weighted by atomic mass is 15.0. The Bertz CT molecular complexity index is 525. The molecule has 0 spiro atoms. The van der Waals surface area contributed by atoms with Crippen molar-refractivity contribution in [2.75, 3.05) is 7.05 Å². The van der Waals surface area contributed by atoms with E-state index in [4.69, 9.17) is 0 Å². The van der Waals surface area contributed by atoms with E-state index < -0.39 is 0 Å². The number of nitrogens with one attached hydrogen (secondary N) is 1. The van der Waals surface area contributed by atoms with Gasteiger partial charge in [0.2, 0.25) is 0 Å². The van der Waals surface area contributed by atoms with Gasteiger partial charge in [0.05, 0.1) is 0 Å². The summed E-state index contributed by atoms with van der Waals surface area (Å²) in [6.45, 7) is 3.42. The molecule has 2 heterocycles. The quantitative estimate of drug-likeness (QED) is 0.772. The number of rotatable bonds is 1. The van der Waals surface area contributed by atoms with Crippen molar-refractivity contribution >= 4 is 10.9 Å². The molecule has 0 saturated heterocycles. The zero-order valence-corrected chi connectivity index (χ0v) is 9.96. The normalized spacial score (nSPS) is 20.0.